The number of phenolic OH excluding ortho intramolecular Hbond substituents is 1. The predicted octanol–water partition coefficient (Wildman–Crippen LogP) is 3.36. The molecule has 178 valence electrons. The molecule has 2 aliphatic rings. The van der Waals surface area contributed by atoms with Crippen LogP contribution in [0.25, 0.3) is 0 Å². The number of esters is 2. The fraction of sp³-hybridized carbons (Fsp3) is 0.480. The number of hydrogen-bond acceptors (Lipinski definition) is 8. The van der Waals surface area contributed by atoms with Crippen LogP contribution in [0.1, 0.15) is 52.5 Å². The number of dihydropyridines is 1. The van der Waals surface area contributed by atoms with Crippen LogP contribution in [-0.2, 0) is 23.9 Å². The molecule has 0 aromatic heterocycles. The van der Waals surface area contributed by atoms with Gasteiger partial charge in [0, 0.05) is 22.9 Å². The molecule has 3 unspecified atom stereocenters. The number of allylic oxidation sites excluding steroid dienone is 3. The average Bonchev–Trinajstić information content (AvgIpc) is 2.73. The third kappa shape index (κ3) is 4.60. The van der Waals surface area contributed by atoms with E-state index in [1.807, 2.05) is 6.92 Å². The van der Waals surface area contributed by atoms with Crippen molar-refractivity contribution in [1.29, 1.82) is 0 Å². The Hall–Kier alpha value is -3.29. The lowest BCUT2D eigenvalue weighted by atomic mass is 9.69. The molecule has 3 atom stereocenters. The molecular weight excluding hydrogens is 426 g/mol. The minimum absolute atomic E-state index is 0.0493. The Labute approximate surface area is 193 Å². The van der Waals surface area contributed by atoms with Crippen molar-refractivity contribution in [3.05, 3.63) is 46.3 Å². The smallest absolute Gasteiger partial charge is 0.337 e. The summed E-state index contributed by atoms with van der Waals surface area (Å²) in [5.41, 5.74) is 2.43. The Morgan fingerprint density at radius 2 is 1.97 bits per heavy atom. The van der Waals surface area contributed by atoms with E-state index < -0.39 is 23.8 Å². The van der Waals surface area contributed by atoms with Crippen LogP contribution in [-0.4, -0.2) is 42.6 Å². The molecule has 0 amide bonds. The Bertz CT molecular complexity index is 1040. The van der Waals surface area contributed by atoms with Crippen LogP contribution in [0.2, 0.25) is 0 Å². The first-order valence-corrected chi connectivity index (χ1v) is 11.1. The molecule has 0 radical (unpaired) electrons. The molecule has 33 heavy (non-hydrogen) atoms. The van der Waals surface area contributed by atoms with E-state index in [1.165, 1.54) is 13.2 Å². The third-order valence-electron chi connectivity index (χ3n) is 5.92. The summed E-state index contributed by atoms with van der Waals surface area (Å²) < 4.78 is 15.9. The van der Waals surface area contributed by atoms with Crippen molar-refractivity contribution in [3.8, 4) is 11.5 Å². The normalized spacial score (nSPS) is 22.6. The molecule has 2 N–H and O–H groups in total. The summed E-state index contributed by atoms with van der Waals surface area (Å²) >= 11 is 0. The summed E-state index contributed by atoms with van der Waals surface area (Å²) in [7, 11) is 1.26. The quantitative estimate of drug-likeness (QED) is 0.494. The molecule has 0 bridgehead atoms. The number of Topliss-reactive ketones (excluding diaryl/α,β-unsaturated/α-hetero) is 1. The molecule has 0 spiro atoms. The maximum atomic E-state index is 13.7. The standard InChI is InChI=1S/C25H31NO7/c1-7-32-18-11-15(8-9-17(18)27)21-20(25(30)33-12(2)3)14(5)26-16-10-13(4)19(24(29)31-6)23(28)22(16)21/h8-9,11-13,19,21,26-27H,7,10H2,1-6H3. The predicted molar refractivity (Wildman–Crippen MR) is 120 cm³/mol. The van der Waals surface area contributed by atoms with E-state index in [4.69, 9.17) is 14.2 Å². The molecule has 8 nitrogen and oxygen atoms in total. The Kier molecular flexibility index (Phi) is 7.15. The monoisotopic (exact) mass is 457 g/mol. The number of ether oxygens (including phenoxy) is 3. The van der Waals surface area contributed by atoms with E-state index >= 15 is 0 Å². The number of nitrogens with one attached hydrogen (secondary N) is 1. The maximum absolute atomic E-state index is 13.7. The van der Waals surface area contributed by atoms with Crippen molar-refractivity contribution in [2.45, 2.75) is 53.1 Å². The van der Waals surface area contributed by atoms with Crippen LogP contribution in [0.15, 0.2) is 40.7 Å². The van der Waals surface area contributed by atoms with Gasteiger partial charge in [0.25, 0.3) is 0 Å². The molecule has 0 saturated carbocycles. The first-order chi connectivity index (χ1) is 15.6. The molecule has 3 rings (SSSR count). The fourth-order valence-corrected chi connectivity index (χ4v) is 4.54. The van der Waals surface area contributed by atoms with Gasteiger partial charge in [0.1, 0.15) is 5.92 Å². The molecule has 1 heterocycles. The van der Waals surface area contributed by atoms with Gasteiger partial charge in [-0.15, -0.1) is 0 Å². The van der Waals surface area contributed by atoms with E-state index in [-0.39, 0.29) is 34.9 Å². The zero-order chi connectivity index (χ0) is 24.4. The topological polar surface area (TPSA) is 111 Å². The number of carbonyl (C=O) groups is 3. The van der Waals surface area contributed by atoms with Gasteiger partial charge < -0.3 is 24.6 Å². The lowest BCUT2D eigenvalue weighted by molar-refractivity contribution is -0.151. The number of ketones is 1. The van der Waals surface area contributed by atoms with Crippen LogP contribution in [0.5, 0.6) is 11.5 Å². The Morgan fingerprint density at radius 1 is 1.27 bits per heavy atom. The van der Waals surface area contributed by atoms with E-state index in [2.05, 4.69) is 5.32 Å². The van der Waals surface area contributed by atoms with Crippen LogP contribution in [0, 0.1) is 11.8 Å². The molecule has 1 aromatic carbocycles. The second-order valence-electron chi connectivity index (χ2n) is 8.65. The molecule has 8 heteroatoms. The second-order valence-corrected chi connectivity index (χ2v) is 8.65. The highest BCUT2D eigenvalue weighted by Gasteiger charge is 2.47. The summed E-state index contributed by atoms with van der Waals surface area (Å²) in [5, 5.41) is 13.4. The van der Waals surface area contributed by atoms with Gasteiger partial charge in [-0.2, -0.15) is 0 Å². The molecule has 1 aliphatic heterocycles. The number of benzene rings is 1. The van der Waals surface area contributed by atoms with Gasteiger partial charge >= 0.3 is 11.9 Å². The second kappa shape index (κ2) is 9.68. The van der Waals surface area contributed by atoms with Crippen molar-refractivity contribution in [2.24, 2.45) is 11.8 Å². The highest BCUT2D eigenvalue weighted by Crippen LogP contribution is 2.46. The summed E-state index contributed by atoms with van der Waals surface area (Å²) in [5.74, 6) is -3.39. The number of carbonyl (C=O) groups excluding carboxylic acids is 3. The molecule has 0 fully saturated rings. The average molecular weight is 458 g/mol. The van der Waals surface area contributed by atoms with Gasteiger partial charge in [0.05, 0.1) is 25.4 Å². The zero-order valence-electron chi connectivity index (χ0n) is 19.9. The molecular formula is C25H31NO7. The van der Waals surface area contributed by atoms with Crippen molar-refractivity contribution in [1.82, 2.24) is 5.32 Å². The zero-order valence-corrected chi connectivity index (χ0v) is 19.9. The Morgan fingerprint density at radius 3 is 2.58 bits per heavy atom. The number of rotatable bonds is 6. The fourth-order valence-electron chi connectivity index (χ4n) is 4.54. The number of hydrogen-bond donors (Lipinski definition) is 2. The van der Waals surface area contributed by atoms with Crippen LogP contribution in [0.4, 0.5) is 0 Å². The maximum Gasteiger partial charge on any atom is 0.337 e. The van der Waals surface area contributed by atoms with Gasteiger partial charge in [-0.25, -0.2) is 4.79 Å². The van der Waals surface area contributed by atoms with Gasteiger partial charge in [-0.05, 0) is 57.7 Å². The third-order valence-corrected chi connectivity index (χ3v) is 5.92. The molecule has 0 saturated heterocycles. The summed E-state index contributed by atoms with van der Waals surface area (Å²) in [4.78, 5) is 39.3. The first-order valence-electron chi connectivity index (χ1n) is 11.1. The van der Waals surface area contributed by atoms with E-state index in [0.29, 0.717) is 35.6 Å². The highest BCUT2D eigenvalue weighted by molar-refractivity contribution is 6.12. The number of methoxy groups -OCH3 is 1. The lowest BCUT2D eigenvalue weighted by Gasteiger charge is -2.38. The van der Waals surface area contributed by atoms with Crippen LogP contribution < -0.4 is 10.1 Å². The minimum Gasteiger partial charge on any atom is -0.504 e. The van der Waals surface area contributed by atoms with E-state index in [0.717, 1.165) is 0 Å². The van der Waals surface area contributed by atoms with Crippen molar-refractivity contribution in [2.75, 3.05) is 13.7 Å². The molecule has 1 aliphatic carbocycles. The highest BCUT2D eigenvalue weighted by atomic mass is 16.5. The summed E-state index contributed by atoms with van der Waals surface area (Å²) in [6.07, 6.45) is 0.0787. The van der Waals surface area contributed by atoms with Gasteiger partial charge in [-0.3, -0.25) is 9.59 Å². The summed E-state index contributed by atoms with van der Waals surface area (Å²) in [6, 6.07) is 4.73. The van der Waals surface area contributed by atoms with Crippen LogP contribution >= 0.6 is 0 Å². The van der Waals surface area contributed by atoms with Crippen molar-refractivity contribution >= 4 is 17.7 Å². The molecule has 1 aromatic rings. The van der Waals surface area contributed by atoms with E-state index in [1.54, 1.807) is 39.8 Å². The summed E-state index contributed by atoms with van der Waals surface area (Å²) in [6.45, 7) is 9.21. The van der Waals surface area contributed by atoms with Gasteiger partial charge in [0.2, 0.25) is 0 Å². The number of phenols is 1. The largest absolute Gasteiger partial charge is 0.504 e. The lowest BCUT2D eigenvalue weighted by Crippen LogP contribution is -2.43. The first kappa shape index (κ1) is 24.4. The van der Waals surface area contributed by atoms with Crippen LogP contribution in [0.3, 0.4) is 0 Å². The SMILES string of the molecule is CCOc1cc(C2C(C(=O)OC(C)C)=C(C)NC3=C2C(=O)C(C(=O)OC)C(C)C3)ccc1O. The van der Waals surface area contributed by atoms with Gasteiger partial charge in [0.15, 0.2) is 17.3 Å². The number of aromatic hydroxyl groups is 1. The Balaban J connectivity index is 2.22. The van der Waals surface area contributed by atoms with Gasteiger partial charge in [-0.1, -0.05) is 13.0 Å². The van der Waals surface area contributed by atoms with Crippen molar-refractivity contribution in [3.63, 3.8) is 0 Å². The van der Waals surface area contributed by atoms with E-state index in [9.17, 15) is 19.5 Å². The minimum atomic E-state index is -0.970. The van der Waals surface area contributed by atoms with Crippen molar-refractivity contribution < 1.29 is 33.7 Å².